The molecule has 0 aromatic carbocycles. The summed E-state index contributed by atoms with van der Waals surface area (Å²) in [6.07, 6.45) is 5.70. The van der Waals surface area contributed by atoms with Crippen molar-refractivity contribution in [3.63, 3.8) is 0 Å². The molecular weight excluding hydrogens is 164 g/mol. The molecule has 1 heterocycles. The van der Waals surface area contributed by atoms with E-state index in [1.807, 2.05) is 0 Å². The van der Waals surface area contributed by atoms with Crippen molar-refractivity contribution in [2.45, 2.75) is 44.6 Å². The van der Waals surface area contributed by atoms with Crippen LogP contribution in [-0.2, 0) is 9.53 Å². The highest BCUT2D eigenvalue weighted by Crippen LogP contribution is 2.45. The van der Waals surface area contributed by atoms with E-state index in [1.165, 1.54) is 19.3 Å². The number of hydrogen-bond acceptors (Lipinski definition) is 2. The second kappa shape index (κ2) is 2.86. The van der Waals surface area contributed by atoms with Gasteiger partial charge >= 0.3 is 5.97 Å². The highest BCUT2D eigenvalue weighted by Gasteiger charge is 2.49. The molecule has 2 rings (SSSR count). The van der Waals surface area contributed by atoms with Gasteiger partial charge < -0.3 is 4.74 Å². The summed E-state index contributed by atoms with van der Waals surface area (Å²) in [5.74, 6) is 0.0506. The van der Waals surface area contributed by atoms with Crippen molar-refractivity contribution >= 4 is 5.97 Å². The SMILES string of the molecule is C=C1C(=O)OC2(CCCCC2)C1C. The maximum absolute atomic E-state index is 11.3. The Labute approximate surface area is 79.0 Å². The first-order chi connectivity index (χ1) is 6.16. The van der Waals surface area contributed by atoms with Gasteiger partial charge in [0.2, 0.25) is 0 Å². The minimum absolute atomic E-state index is 0.172. The van der Waals surface area contributed by atoms with Crippen LogP contribution in [0, 0.1) is 5.92 Å². The van der Waals surface area contributed by atoms with Crippen molar-refractivity contribution in [1.29, 1.82) is 0 Å². The monoisotopic (exact) mass is 180 g/mol. The number of rotatable bonds is 0. The number of esters is 1. The first kappa shape index (κ1) is 8.79. The molecule has 0 amide bonds. The lowest BCUT2D eigenvalue weighted by atomic mass is 9.75. The first-order valence-electron chi connectivity index (χ1n) is 5.08. The molecule has 1 aliphatic carbocycles. The quantitative estimate of drug-likeness (QED) is 0.423. The largest absolute Gasteiger partial charge is 0.455 e. The van der Waals surface area contributed by atoms with Crippen molar-refractivity contribution in [2.24, 2.45) is 5.92 Å². The van der Waals surface area contributed by atoms with E-state index >= 15 is 0 Å². The molecule has 0 aromatic heterocycles. The summed E-state index contributed by atoms with van der Waals surface area (Å²) in [7, 11) is 0. The molecule has 1 atom stereocenters. The molecule has 0 bridgehead atoms. The zero-order valence-corrected chi connectivity index (χ0v) is 8.14. The molecule has 1 saturated heterocycles. The van der Waals surface area contributed by atoms with Crippen LogP contribution in [0.1, 0.15) is 39.0 Å². The molecule has 1 saturated carbocycles. The topological polar surface area (TPSA) is 26.3 Å². The third-order valence-electron chi connectivity index (χ3n) is 3.57. The maximum Gasteiger partial charge on any atom is 0.334 e. The molecule has 2 nitrogen and oxygen atoms in total. The Morgan fingerprint density at radius 1 is 1.38 bits per heavy atom. The molecule has 1 aliphatic heterocycles. The Kier molecular flexibility index (Phi) is 1.94. The molecule has 1 spiro atoms. The molecule has 2 fully saturated rings. The van der Waals surface area contributed by atoms with E-state index in [4.69, 9.17) is 4.74 Å². The van der Waals surface area contributed by atoms with Crippen LogP contribution in [0.3, 0.4) is 0 Å². The maximum atomic E-state index is 11.3. The summed E-state index contributed by atoms with van der Waals surface area (Å²) in [5, 5.41) is 0. The molecule has 0 aromatic rings. The number of carbonyl (C=O) groups is 1. The summed E-state index contributed by atoms with van der Waals surface area (Å²) < 4.78 is 5.48. The van der Waals surface area contributed by atoms with Crippen molar-refractivity contribution in [3.05, 3.63) is 12.2 Å². The molecular formula is C11H16O2. The van der Waals surface area contributed by atoms with Gasteiger partial charge in [-0.25, -0.2) is 4.79 Å². The summed E-state index contributed by atoms with van der Waals surface area (Å²) in [5.41, 5.74) is 0.494. The van der Waals surface area contributed by atoms with Crippen LogP contribution in [0.2, 0.25) is 0 Å². The van der Waals surface area contributed by atoms with Gasteiger partial charge in [-0.2, -0.15) is 0 Å². The van der Waals surface area contributed by atoms with E-state index in [0.717, 1.165) is 12.8 Å². The van der Waals surface area contributed by atoms with E-state index in [-0.39, 0.29) is 17.5 Å². The zero-order valence-electron chi connectivity index (χ0n) is 8.14. The highest BCUT2D eigenvalue weighted by molar-refractivity contribution is 5.91. The summed E-state index contributed by atoms with van der Waals surface area (Å²) >= 11 is 0. The van der Waals surface area contributed by atoms with Crippen molar-refractivity contribution in [1.82, 2.24) is 0 Å². The minimum Gasteiger partial charge on any atom is -0.455 e. The molecule has 0 radical (unpaired) electrons. The average molecular weight is 180 g/mol. The van der Waals surface area contributed by atoms with Gasteiger partial charge in [-0.3, -0.25) is 0 Å². The fourth-order valence-electron chi connectivity index (χ4n) is 2.52. The lowest BCUT2D eigenvalue weighted by molar-refractivity contribution is -0.150. The third kappa shape index (κ3) is 1.19. The summed E-state index contributed by atoms with van der Waals surface area (Å²) in [6, 6.07) is 0. The van der Waals surface area contributed by atoms with Gasteiger partial charge in [-0.05, 0) is 25.7 Å². The normalized spacial score (nSPS) is 32.2. The Morgan fingerprint density at radius 3 is 2.46 bits per heavy atom. The van der Waals surface area contributed by atoms with Crippen molar-refractivity contribution in [2.75, 3.05) is 0 Å². The fourth-order valence-corrected chi connectivity index (χ4v) is 2.52. The highest BCUT2D eigenvalue weighted by atomic mass is 16.6. The minimum atomic E-state index is -0.174. The van der Waals surface area contributed by atoms with E-state index in [9.17, 15) is 4.79 Å². The fraction of sp³-hybridized carbons (Fsp3) is 0.727. The standard InChI is InChI=1S/C11H16O2/c1-8-9(2)11(13-10(8)12)6-4-3-5-7-11/h9H,1,3-7H2,2H3. The Morgan fingerprint density at radius 2 is 2.00 bits per heavy atom. The summed E-state index contributed by atoms with van der Waals surface area (Å²) in [6.45, 7) is 5.86. The van der Waals surface area contributed by atoms with Gasteiger partial charge in [-0.1, -0.05) is 19.9 Å². The predicted molar refractivity (Wildman–Crippen MR) is 50.2 cm³/mol. The number of carbonyl (C=O) groups excluding carboxylic acids is 1. The second-order valence-electron chi connectivity index (χ2n) is 4.26. The van der Waals surface area contributed by atoms with Crippen LogP contribution >= 0.6 is 0 Å². The molecule has 13 heavy (non-hydrogen) atoms. The lowest BCUT2D eigenvalue weighted by Gasteiger charge is -2.35. The average Bonchev–Trinajstić information content (AvgIpc) is 2.33. The smallest absolute Gasteiger partial charge is 0.334 e. The van der Waals surface area contributed by atoms with Crippen LogP contribution in [0.15, 0.2) is 12.2 Å². The molecule has 2 heteroatoms. The van der Waals surface area contributed by atoms with Crippen molar-refractivity contribution < 1.29 is 9.53 Å². The van der Waals surface area contributed by atoms with E-state index in [1.54, 1.807) is 0 Å². The zero-order chi connectivity index (χ0) is 9.47. The third-order valence-corrected chi connectivity index (χ3v) is 3.57. The van der Waals surface area contributed by atoms with Crippen LogP contribution in [-0.4, -0.2) is 11.6 Å². The Bertz CT molecular complexity index is 249. The van der Waals surface area contributed by atoms with Gasteiger partial charge in [-0.15, -0.1) is 0 Å². The van der Waals surface area contributed by atoms with Gasteiger partial charge in [0.25, 0.3) is 0 Å². The van der Waals surface area contributed by atoms with Crippen molar-refractivity contribution in [3.8, 4) is 0 Å². The van der Waals surface area contributed by atoms with E-state index in [2.05, 4.69) is 13.5 Å². The Hall–Kier alpha value is -0.790. The van der Waals surface area contributed by atoms with E-state index in [0.29, 0.717) is 5.57 Å². The van der Waals surface area contributed by atoms with E-state index < -0.39 is 0 Å². The van der Waals surface area contributed by atoms with Crippen LogP contribution in [0.25, 0.3) is 0 Å². The van der Waals surface area contributed by atoms with Gasteiger partial charge in [0.1, 0.15) is 5.60 Å². The molecule has 1 unspecified atom stereocenters. The van der Waals surface area contributed by atoms with Gasteiger partial charge in [0.05, 0.1) is 0 Å². The van der Waals surface area contributed by atoms with Crippen LogP contribution < -0.4 is 0 Å². The summed E-state index contributed by atoms with van der Waals surface area (Å²) in [4.78, 5) is 11.3. The molecule has 2 aliphatic rings. The first-order valence-corrected chi connectivity index (χ1v) is 5.08. The Balaban J connectivity index is 2.23. The molecule has 0 N–H and O–H groups in total. The number of ether oxygens (including phenoxy) is 1. The predicted octanol–water partition coefficient (Wildman–Crippen LogP) is 2.44. The second-order valence-corrected chi connectivity index (χ2v) is 4.26. The van der Waals surface area contributed by atoms with Gasteiger partial charge in [0, 0.05) is 11.5 Å². The van der Waals surface area contributed by atoms with Crippen LogP contribution in [0.5, 0.6) is 0 Å². The van der Waals surface area contributed by atoms with Gasteiger partial charge in [0.15, 0.2) is 0 Å². The number of hydrogen-bond donors (Lipinski definition) is 0. The lowest BCUT2D eigenvalue weighted by Crippen LogP contribution is -2.36. The molecule has 72 valence electrons. The van der Waals surface area contributed by atoms with Crippen LogP contribution in [0.4, 0.5) is 0 Å².